The van der Waals surface area contributed by atoms with Gasteiger partial charge < -0.3 is 15.1 Å². The van der Waals surface area contributed by atoms with Crippen LogP contribution in [-0.4, -0.2) is 52.6 Å². The van der Waals surface area contributed by atoms with Crippen LogP contribution in [-0.2, 0) is 0 Å². The Morgan fingerprint density at radius 1 is 1.04 bits per heavy atom. The van der Waals surface area contributed by atoms with Crippen LogP contribution in [0.4, 0.5) is 17.5 Å². The number of benzene rings is 1. The van der Waals surface area contributed by atoms with Crippen molar-refractivity contribution in [3.8, 4) is 0 Å². The van der Waals surface area contributed by atoms with Crippen molar-refractivity contribution < 1.29 is 0 Å². The van der Waals surface area contributed by atoms with Gasteiger partial charge in [0, 0.05) is 49.5 Å². The molecule has 1 aliphatic heterocycles. The molecule has 6 nitrogen and oxygen atoms in total. The number of aryl methyl sites for hydroxylation is 1. The van der Waals surface area contributed by atoms with E-state index in [9.17, 15) is 0 Å². The van der Waals surface area contributed by atoms with Crippen LogP contribution in [0.15, 0.2) is 42.6 Å². The smallest absolute Gasteiger partial charge is 0.227 e. The van der Waals surface area contributed by atoms with E-state index in [4.69, 9.17) is 4.98 Å². The minimum Gasteiger partial charge on any atom is -0.338 e. The van der Waals surface area contributed by atoms with Crippen LogP contribution in [0.5, 0.6) is 0 Å². The second kappa shape index (κ2) is 7.25. The van der Waals surface area contributed by atoms with Crippen LogP contribution in [0, 0.1) is 6.92 Å². The second-order valence-corrected chi connectivity index (χ2v) is 6.62. The SMILES string of the molecule is CCN1CCN(c2nc(C)cc(Nc3cccc4cccnc34)n2)CC1. The minimum atomic E-state index is 0.802. The molecule has 3 aromatic rings. The van der Waals surface area contributed by atoms with E-state index in [1.54, 1.807) is 0 Å². The molecular formula is C20H24N6. The van der Waals surface area contributed by atoms with Gasteiger partial charge in [-0.15, -0.1) is 0 Å². The fourth-order valence-corrected chi connectivity index (χ4v) is 3.37. The van der Waals surface area contributed by atoms with E-state index in [-0.39, 0.29) is 0 Å². The van der Waals surface area contributed by atoms with Crippen molar-refractivity contribution in [3.63, 3.8) is 0 Å². The first-order chi connectivity index (χ1) is 12.7. The molecule has 4 rings (SSSR count). The summed E-state index contributed by atoms with van der Waals surface area (Å²) < 4.78 is 0. The van der Waals surface area contributed by atoms with E-state index < -0.39 is 0 Å². The average Bonchev–Trinajstić information content (AvgIpc) is 2.68. The van der Waals surface area contributed by atoms with Crippen molar-refractivity contribution in [2.75, 3.05) is 42.9 Å². The van der Waals surface area contributed by atoms with Gasteiger partial charge in [0.1, 0.15) is 5.82 Å². The molecule has 6 heteroatoms. The molecule has 0 bridgehead atoms. The van der Waals surface area contributed by atoms with E-state index in [1.165, 1.54) is 0 Å². The summed E-state index contributed by atoms with van der Waals surface area (Å²) in [6.07, 6.45) is 1.82. The van der Waals surface area contributed by atoms with Gasteiger partial charge in [0.25, 0.3) is 0 Å². The molecule has 0 amide bonds. The molecule has 0 spiro atoms. The molecule has 2 aromatic heterocycles. The van der Waals surface area contributed by atoms with Gasteiger partial charge >= 0.3 is 0 Å². The van der Waals surface area contributed by atoms with Crippen molar-refractivity contribution in [3.05, 3.63) is 48.3 Å². The Kier molecular flexibility index (Phi) is 4.67. The fraction of sp³-hybridized carbons (Fsp3) is 0.350. The summed E-state index contributed by atoms with van der Waals surface area (Å²) >= 11 is 0. The third kappa shape index (κ3) is 3.46. The lowest BCUT2D eigenvalue weighted by Gasteiger charge is -2.34. The second-order valence-electron chi connectivity index (χ2n) is 6.62. The van der Waals surface area contributed by atoms with Crippen LogP contribution in [0.1, 0.15) is 12.6 Å². The quantitative estimate of drug-likeness (QED) is 0.781. The average molecular weight is 348 g/mol. The summed E-state index contributed by atoms with van der Waals surface area (Å²) in [6.45, 7) is 9.37. The number of rotatable bonds is 4. The van der Waals surface area contributed by atoms with Crippen LogP contribution in [0.3, 0.4) is 0 Å². The highest BCUT2D eigenvalue weighted by Gasteiger charge is 2.18. The Balaban J connectivity index is 1.60. The fourth-order valence-electron chi connectivity index (χ4n) is 3.37. The lowest BCUT2D eigenvalue weighted by molar-refractivity contribution is 0.270. The summed E-state index contributed by atoms with van der Waals surface area (Å²) in [4.78, 5) is 18.6. The van der Waals surface area contributed by atoms with E-state index in [1.807, 2.05) is 37.4 Å². The molecule has 134 valence electrons. The normalized spacial score (nSPS) is 15.4. The lowest BCUT2D eigenvalue weighted by Crippen LogP contribution is -2.46. The van der Waals surface area contributed by atoms with Crippen LogP contribution in [0.2, 0.25) is 0 Å². The van der Waals surface area contributed by atoms with Crippen molar-refractivity contribution in [2.24, 2.45) is 0 Å². The predicted molar refractivity (Wildman–Crippen MR) is 106 cm³/mol. The molecule has 0 aliphatic carbocycles. The standard InChI is InChI=1S/C20H24N6/c1-3-25-10-12-26(13-11-25)20-22-15(2)14-18(24-20)23-17-8-4-6-16-7-5-9-21-19(16)17/h4-9,14H,3,10-13H2,1-2H3,(H,22,23,24). The number of nitrogens with one attached hydrogen (secondary N) is 1. The molecule has 1 aliphatic rings. The molecule has 0 radical (unpaired) electrons. The van der Waals surface area contributed by atoms with E-state index in [0.29, 0.717) is 0 Å². The van der Waals surface area contributed by atoms with Gasteiger partial charge in [-0.05, 0) is 25.6 Å². The zero-order valence-corrected chi connectivity index (χ0v) is 15.3. The number of para-hydroxylation sites is 1. The molecule has 0 atom stereocenters. The van der Waals surface area contributed by atoms with Crippen molar-refractivity contribution >= 4 is 28.4 Å². The van der Waals surface area contributed by atoms with Crippen molar-refractivity contribution in [2.45, 2.75) is 13.8 Å². The minimum absolute atomic E-state index is 0.802. The van der Waals surface area contributed by atoms with Gasteiger partial charge in [0.05, 0.1) is 11.2 Å². The summed E-state index contributed by atoms with van der Waals surface area (Å²) in [6, 6.07) is 12.1. The molecule has 1 aromatic carbocycles. The highest BCUT2D eigenvalue weighted by Crippen LogP contribution is 2.25. The maximum atomic E-state index is 4.77. The topological polar surface area (TPSA) is 57.2 Å². The summed E-state index contributed by atoms with van der Waals surface area (Å²) in [7, 11) is 0. The van der Waals surface area contributed by atoms with E-state index in [0.717, 1.165) is 66.8 Å². The number of hydrogen-bond acceptors (Lipinski definition) is 6. The first kappa shape index (κ1) is 16.7. The Labute approximate surface area is 153 Å². The van der Waals surface area contributed by atoms with Gasteiger partial charge in [-0.1, -0.05) is 25.1 Å². The molecule has 1 fully saturated rings. The molecular weight excluding hydrogens is 324 g/mol. The number of likely N-dealkylation sites (N-methyl/N-ethyl adjacent to an activating group) is 1. The van der Waals surface area contributed by atoms with Gasteiger partial charge in [0.2, 0.25) is 5.95 Å². The number of hydrogen-bond donors (Lipinski definition) is 1. The highest BCUT2D eigenvalue weighted by molar-refractivity contribution is 5.91. The number of nitrogens with zero attached hydrogens (tertiary/aromatic N) is 5. The molecule has 1 N–H and O–H groups in total. The van der Waals surface area contributed by atoms with Crippen molar-refractivity contribution in [1.82, 2.24) is 19.9 Å². The summed E-state index contributed by atoms with van der Waals surface area (Å²) in [5.74, 6) is 1.61. The molecule has 1 saturated heterocycles. The first-order valence-electron chi connectivity index (χ1n) is 9.16. The Bertz CT molecular complexity index is 896. The Morgan fingerprint density at radius 2 is 1.85 bits per heavy atom. The third-order valence-corrected chi connectivity index (χ3v) is 4.84. The van der Waals surface area contributed by atoms with Gasteiger partial charge in [0.15, 0.2) is 0 Å². The van der Waals surface area contributed by atoms with Gasteiger partial charge in [-0.25, -0.2) is 4.98 Å². The third-order valence-electron chi connectivity index (χ3n) is 4.84. The van der Waals surface area contributed by atoms with E-state index in [2.05, 4.69) is 44.1 Å². The van der Waals surface area contributed by atoms with Crippen LogP contribution < -0.4 is 10.2 Å². The number of aromatic nitrogens is 3. The number of anilines is 3. The predicted octanol–water partition coefficient (Wildman–Crippen LogP) is 3.22. The number of fused-ring (bicyclic) bond motifs is 1. The zero-order valence-electron chi connectivity index (χ0n) is 15.3. The van der Waals surface area contributed by atoms with E-state index >= 15 is 0 Å². The largest absolute Gasteiger partial charge is 0.338 e. The lowest BCUT2D eigenvalue weighted by atomic mass is 10.2. The van der Waals surface area contributed by atoms with Crippen LogP contribution >= 0.6 is 0 Å². The summed E-state index contributed by atoms with van der Waals surface area (Å²) in [5.41, 5.74) is 2.87. The first-order valence-corrected chi connectivity index (χ1v) is 9.16. The van der Waals surface area contributed by atoms with Crippen molar-refractivity contribution in [1.29, 1.82) is 0 Å². The molecule has 3 heterocycles. The number of piperazine rings is 1. The summed E-state index contributed by atoms with van der Waals surface area (Å²) in [5, 5.41) is 4.55. The molecule has 0 saturated carbocycles. The monoisotopic (exact) mass is 348 g/mol. The Hall–Kier alpha value is -2.73. The van der Waals surface area contributed by atoms with Gasteiger partial charge in [-0.3, -0.25) is 4.98 Å². The number of pyridine rings is 1. The maximum absolute atomic E-state index is 4.77. The maximum Gasteiger partial charge on any atom is 0.227 e. The van der Waals surface area contributed by atoms with Crippen LogP contribution in [0.25, 0.3) is 10.9 Å². The van der Waals surface area contributed by atoms with Gasteiger partial charge in [-0.2, -0.15) is 4.98 Å². The molecule has 26 heavy (non-hydrogen) atoms. The Morgan fingerprint density at radius 3 is 2.65 bits per heavy atom. The molecule has 0 unspecified atom stereocenters. The zero-order chi connectivity index (χ0) is 17.9. The highest BCUT2D eigenvalue weighted by atomic mass is 15.3.